The molecule has 1 spiro atoms. The molecule has 5 aromatic rings. The Morgan fingerprint density at radius 1 is 0.441 bits per heavy atom. The average Bonchev–Trinajstić information content (AvgIpc) is 3.37. The Kier molecular flexibility index (Phi) is 3.89. The monoisotopic (exact) mass is 456 g/mol. The largest absolute Gasteiger partial charge is 0.219 e. The molecular weight excluding hydrogens is 436 g/mol. The van der Waals surface area contributed by atoms with Crippen molar-refractivity contribution in [1.29, 1.82) is 0 Å². The van der Waals surface area contributed by atoms with Gasteiger partial charge in [-0.05, 0) is 62.7 Å². The second-order valence-electron chi connectivity index (χ2n) is 8.88. The van der Waals surface area contributed by atoms with Gasteiger partial charge in [-0.15, -0.1) is 0 Å². The van der Waals surface area contributed by atoms with Crippen LogP contribution in [0.3, 0.4) is 0 Å². The maximum atomic E-state index is 14.1. The van der Waals surface area contributed by atoms with E-state index >= 15 is 0 Å². The quantitative estimate of drug-likeness (QED) is 0.285. The van der Waals surface area contributed by atoms with Crippen LogP contribution in [0, 0.1) is 0 Å². The molecule has 2 aliphatic rings. The topological polar surface area (TPSA) is 34.1 Å². The number of fused-ring (bicyclic) bond motifs is 10. The molecule has 0 saturated heterocycles. The Labute approximate surface area is 199 Å². The SMILES string of the molecule is O=S(=O)(c1ccccc1)c1cccc2c1C1(c3ccccc3-c3ccccc31)c1ccccc1-2. The van der Waals surface area contributed by atoms with Gasteiger partial charge in [0.15, 0.2) is 0 Å². The predicted molar refractivity (Wildman–Crippen MR) is 135 cm³/mol. The minimum atomic E-state index is -3.75. The van der Waals surface area contributed by atoms with E-state index in [2.05, 4.69) is 72.8 Å². The normalized spacial score (nSPS) is 14.4. The van der Waals surface area contributed by atoms with Crippen LogP contribution >= 0.6 is 0 Å². The third-order valence-electron chi connectivity index (χ3n) is 7.32. The van der Waals surface area contributed by atoms with Gasteiger partial charge >= 0.3 is 0 Å². The van der Waals surface area contributed by atoms with Crippen molar-refractivity contribution >= 4 is 9.84 Å². The number of rotatable bonds is 2. The third-order valence-corrected chi connectivity index (χ3v) is 9.13. The standard InChI is InChI=1S/C31H20O2S/c32-34(33,21-11-2-1-3-12-21)29-20-10-16-25-24-15-6-9-19-28(24)31(30(25)29)26-17-7-4-13-22(26)23-14-5-8-18-27(23)31/h1-20H. The van der Waals surface area contributed by atoms with Crippen LogP contribution in [0.25, 0.3) is 22.3 Å². The Hall–Kier alpha value is -3.95. The molecular formula is C31H20O2S. The van der Waals surface area contributed by atoms with Crippen LogP contribution in [-0.4, -0.2) is 8.42 Å². The van der Waals surface area contributed by atoms with Gasteiger partial charge in [-0.3, -0.25) is 0 Å². The Balaban J connectivity index is 1.69. The summed E-state index contributed by atoms with van der Waals surface area (Å²) >= 11 is 0. The minimum Gasteiger partial charge on any atom is -0.219 e. The molecule has 0 N–H and O–H groups in total. The minimum absolute atomic E-state index is 0.314. The molecule has 34 heavy (non-hydrogen) atoms. The second-order valence-corrected chi connectivity index (χ2v) is 10.8. The molecule has 3 heteroatoms. The molecule has 0 saturated carbocycles. The van der Waals surface area contributed by atoms with E-state index in [1.165, 1.54) is 0 Å². The lowest BCUT2D eigenvalue weighted by molar-refractivity contribution is 0.593. The molecule has 0 aliphatic heterocycles. The number of hydrogen-bond donors (Lipinski definition) is 0. The zero-order valence-corrected chi connectivity index (χ0v) is 19.1. The maximum Gasteiger partial charge on any atom is 0.206 e. The van der Waals surface area contributed by atoms with Crippen molar-refractivity contribution in [3.63, 3.8) is 0 Å². The first-order valence-electron chi connectivity index (χ1n) is 11.4. The first-order chi connectivity index (χ1) is 16.6. The van der Waals surface area contributed by atoms with Crippen LogP contribution < -0.4 is 0 Å². The number of benzene rings is 5. The van der Waals surface area contributed by atoms with E-state index in [1.54, 1.807) is 30.3 Å². The Morgan fingerprint density at radius 3 is 1.44 bits per heavy atom. The molecule has 2 nitrogen and oxygen atoms in total. The average molecular weight is 457 g/mol. The first-order valence-corrected chi connectivity index (χ1v) is 12.9. The zero-order chi connectivity index (χ0) is 22.9. The van der Waals surface area contributed by atoms with Gasteiger partial charge in [-0.2, -0.15) is 0 Å². The summed E-state index contributed by atoms with van der Waals surface area (Å²) < 4.78 is 28.2. The molecule has 0 amide bonds. The summed E-state index contributed by atoms with van der Waals surface area (Å²) in [6.07, 6.45) is 0. The van der Waals surface area contributed by atoms with E-state index in [0.717, 1.165) is 44.5 Å². The van der Waals surface area contributed by atoms with Gasteiger partial charge in [0.2, 0.25) is 9.84 Å². The molecule has 0 aromatic heterocycles. The van der Waals surface area contributed by atoms with E-state index in [9.17, 15) is 8.42 Å². The highest BCUT2D eigenvalue weighted by Crippen LogP contribution is 2.63. The van der Waals surface area contributed by atoms with Crippen molar-refractivity contribution in [2.45, 2.75) is 15.2 Å². The summed E-state index contributed by atoms with van der Waals surface area (Å²) in [7, 11) is -3.75. The van der Waals surface area contributed by atoms with Crippen LogP contribution in [0.1, 0.15) is 22.3 Å². The lowest BCUT2D eigenvalue weighted by Crippen LogP contribution is -2.28. The van der Waals surface area contributed by atoms with Crippen molar-refractivity contribution < 1.29 is 8.42 Å². The van der Waals surface area contributed by atoms with Crippen LogP contribution in [-0.2, 0) is 15.3 Å². The van der Waals surface area contributed by atoms with E-state index in [0.29, 0.717) is 9.79 Å². The summed E-state index contributed by atoms with van der Waals surface area (Å²) in [5.41, 5.74) is 7.98. The lowest BCUT2D eigenvalue weighted by Gasteiger charge is -2.31. The summed E-state index contributed by atoms with van der Waals surface area (Å²) in [6.45, 7) is 0. The summed E-state index contributed by atoms with van der Waals surface area (Å²) in [5, 5.41) is 0. The molecule has 0 fully saturated rings. The number of sulfone groups is 1. The fourth-order valence-corrected chi connectivity index (χ4v) is 7.63. The van der Waals surface area contributed by atoms with Gasteiger partial charge in [-0.25, -0.2) is 8.42 Å². The molecule has 0 bridgehead atoms. The van der Waals surface area contributed by atoms with Crippen molar-refractivity contribution in [2.24, 2.45) is 0 Å². The Morgan fingerprint density at radius 2 is 0.882 bits per heavy atom. The maximum absolute atomic E-state index is 14.1. The highest BCUT2D eigenvalue weighted by atomic mass is 32.2. The van der Waals surface area contributed by atoms with Crippen LogP contribution in [0.2, 0.25) is 0 Å². The van der Waals surface area contributed by atoms with Gasteiger partial charge < -0.3 is 0 Å². The smallest absolute Gasteiger partial charge is 0.206 e. The predicted octanol–water partition coefficient (Wildman–Crippen LogP) is 6.86. The molecule has 0 radical (unpaired) electrons. The molecule has 2 aliphatic carbocycles. The van der Waals surface area contributed by atoms with Gasteiger partial charge in [0.05, 0.1) is 15.2 Å². The fraction of sp³-hybridized carbons (Fsp3) is 0.0323. The van der Waals surface area contributed by atoms with E-state index in [4.69, 9.17) is 0 Å². The van der Waals surface area contributed by atoms with E-state index in [-0.39, 0.29) is 0 Å². The van der Waals surface area contributed by atoms with Crippen LogP contribution in [0.5, 0.6) is 0 Å². The van der Waals surface area contributed by atoms with Gasteiger partial charge in [-0.1, -0.05) is 103 Å². The van der Waals surface area contributed by atoms with E-state index < -0.39 is 15.3 Å². The molecule has 0 atom stereocenters. The summed E-state index contributed by atoms with van der Waals surface area (Å²) in [5.74, 6) is 0. The highest BCUT2D eigenvalue weighted by Gasteiger charge is 2.53. The zero-order valence-electron chi connectivity index (χ0n) is 18.3. The number of hydrogen-bond acceptors (Lipinski definition) is 2. The fourth-order valence-electron chi connectivity index (χ4n) is 6.07. The van der Waals surface area contributed by atoms with E-state index in [1.807, 2.05) is 18.2 Å². The lowest BCUT2D eigenvalue weighted by atomic mass is 9.70. The molecule has 5 aromatic carbocycles. The van der Waals surface area contributed by atoms with Gasteiger partial charge in [0.1, 0.15) is 0 Å². The molecule has 0 heterocycles. The van der Waals surface area contributed by atoms with Crippen molar-refractivity contribution in [3.8, 4) is 22.3 Å². The summed E-state index contributed by atoms with van der Waals surface area (Å²) in [4.78, 5) is 0.688. The van der Waals surface area contributed by atoms with Crippen molar-refractivity contribution in [1.82, 2.24) is 0 Å². The highest BCUT2D eigenvalue weighted by molar-refractivity contribution is 7.91. The first kappa shape index (κ1) is 19.5. The molecule has 162 valence electrons. The second kappa shape index (κ2) is 6.78. The van der Waals surface area contributed by atoms with Crippen LogP contribution in [0.4, 0.5) is 0 Å². The van der Waals surface area contributed by atoms with Crippen LogP contribution in [0.15, 0.2) is 131 Å². The third kappa shape index (κ3) is 2.27. The Bertz CT molecular complexity index is 1650. The molecule has 0 unspecified atom stereocenters. The van der Waals surface area contributed by atoms with Gasteiger partial charge in [0, 0.05) is 0 Å². The van der Waals surface area contributed by atoms with Gasteiger partial charge in [0.25, 0.3) is 0 Å². The van der Waals surface area contributed by atoms with Crippen molar-refractivity contribution in [3.05, 3.63) is 144 Å². The van der Waals surface area contributed by atoms with Crippen molar-refractivity contribution in [2.75, 3.05) is 0 Å². The summed E-state index contributed by atoms with van der Waals surface area (Å²) in [6, 6.07) is 39.7. The molecule has 7 rings (SSSR count).